The Labute approximate surface area is 103 Å². The molecule has 0 aromatic carbocycles. The minimum absolute atomic E-state index is 0.117. The van der Waals surface area contributed by atoms with Gasteiger partial charge in [0, 0.05) is 32.0 Å². The van der Waals surface area contributed by atoms with E-state index in [1.165, 1.54) is 5.56 Å². The van der Waals surface area contributed by atoms with Gasteiger partial charge in [-0.05, 0) is 38.0 Å². The number of nitrogens with zero attached hydrogens (tertiary/aromatic N) is 2. The lowest BCUT2D eigenvalue weighted by atomic mass is 10.1. The molecule has 94 valence electrons. The molecule has 4 heteroatoms. The van der Waals surface area contributed by atoms with Crippen LogP contribution in [0.5, 0.6) is 0 Å². The zero-order valence-corrected chi connectivity index (χ0v) is 11.0. The molecule has 0 bridgehead atoms. The Morgan fingerprint density at radius 3 is 2.82 bits per heavy atom. The Morgan fingerprint density at radius 2 is 2.24 bits per heavy atom. The van der Waals surface area contributed by atoms with Gasteiger partial charge < -0.3 is 10.2 Å². The number of rotatable bonds is 5. The Hall–Kier alpha value is -1.42. The molecule has 1 aromatic heterocycles. The van der Waals surface area contributed by atoms with Gasteiger partial charge in [0.1, 0.15) is 0 Å². The molecule has 1 amide bonds. The number of hydrogen-bond donors (Lipinski definition) is 1. The standard InChI is InChI=1S/C13H21N3O/c1-10(2)16(4)13(17)9-15-8-12-5-6-14-7-11(12)3/h5-7,10,15H,8-9H2,1-4H3. The summed E-state index contributed by atoms with van der Waals surface area (Å²) < 4.78 is 0. The van der Waals surface area contributed by atoms with Crippen molar-refractivity contribution in [1.82, 2.24) is 15.2 Å². The van der Waals surface area contributed by atoms with E-state index < -0.39 is 0 Å². The third-order valence-electron chi connectivity index (χ3n) is 2.90. The van der Waals surface area contributed by atoms with Gasteiger partial charge in [-0.3, -0.25) is 9.78 Å². The monoisotopic (exact) mass is 235 g/mol. The number of amides is 1. The molecule has 1 rings (SSSR count). The normalized spacial score (nSPS) is 10.6. The second-order valence-corrected chi connectivity index (χ2v) is 4.50. The maximum absolute atomic E-state index is 11.7. The molecule has 0 aliphatic heterocycles. The molecule has 0 saturated carbocycles. The van der Waals surface area contributed by atoms with Crippen LogP contribution < -0.4 is 5.32 Å². The molecule has 0 fully saturated rings. The summed E-state index contributed by atoms with van der Waals surface area (Å²) in [5, 5.41) is 3.16. The van der Waals surface area contributed by atoms with Crippen LogP contribution in [0.4, 0.5) is 0 Å². The van der Waals surface area contributed by atoms with Crippen LogP contribution in [0.3, 0.4) is 0 Å². The largest absolute Gasteiger partial charge is 0.342 e. The molecule has 1 aromatic rings. The van der Waals surface area contributed by atoms with Gasteiger partial charge >= 0.3 is 0 Å². The first-order valence-electron chi connectivity index (χ1n) is 5.88. The SMILES string of the molecule is Cc1cnccc1CNCC(=O)N(C)C(C)C. The van der Waals surface area contributed by atoms with E-state index in [0.29, 0.717) is 13.1 Å². The van der Waals surface area contributed by atoms with E-state index in [4.69, 9.17) is 0 Å². The summed E-state index contributed by atoms with van der Waals surface area (Å²) >= 11 is 0. The van der Waals surface area contributed by atoms with Crippen molar-refractivity contribution < 1.29 is 4.79 Å². The van der Waals surface area contributed by atoms with Crippen LogP contribution in [0.2, 0.25) is 0 Å². The summed E-state index contributed by atoms with van der Waals surface area (Å²) in [5.41, 5.74) is 2.32. The molecule has 0 spiro atoms. The van der Waals surface area contributed by atoms with E-state index in [1.54, 1.807) is 11.1 Å². The van der Waals surface area contributed by atoms with Crippen LogP contribution in [0.1, 0.15) is 25.0 Å². The number of likely N-dealkylation sites (N-methyl/N-ethyl adjacent to an activating group) is 1. The summed E-state index contributed by atoms with van der Waals surface area (Å²) in [6.07, 6.45) is 3.60. The molecule has 4 nitrogen and oxygen atoms in total. The minimum atomic E-state index is 0.117. The molecule has 1 heterocycles. The van der Waals surface area contributed by atoms with E-state index in [9.17, 15) is 4.79 Å². The number of aryl methyl sites for hydroxylation is 1. The fourth-order valence-electron chi connectivity index (χ4n) is 1.42. The van der Waals surface area contributed by atoms with Gasteiger partial charge in [-0.1, -0.05) is 0 Å². The highest BCUT2D eigenvalue weighted by atomic mass is 16.2. The van der Waals surface area contributed by atoms with Crippen molar-refractivity contribution in [3.63, 3.8) is 0 Å². The summed E-state index contributed by atoms with van der Waals surface area (Å²) in [6, 6.07) is 2.21. The first kappa shape index (κ1) is 13.6. The van der Waals surface area contributed by atoms with Crippen molar-refractivity contribution in [3.05, 3.63) is 29.6 Å². The van der Waals surface area contributed by atoms with Crippen molar-refractivity contribution in [2.24, 2.45) is 0 Å². The van der Waals surface area contributed by atoms with Crippen molar-refractivity contribution in [1.29, 1.82) is 0 Å². The van der Waals surface area contributed by atoms with Gasteiger partial charge in [0.15, 0.2) is 0 Å². The Morgan fingerprint density at radius 1 is 1.53 bits per heavy atom. The number of aromatic nitrogens is 1. The number of carbonyl (C=O) groups excluding carboxylic acids is 1. The van der Waals surface area contributed by atoms with Crippen LogP contribution in [-0.4, -0.2) is 35.4 Å². The molecule has 0 atom stereocenters. The average Bonchev–Trinajstić information content (AvgIpc) is 2.30. The summed E-state index contributed by atoms with van der Waals surface area (Å²) in [5.74, 6) is 0.117. The molecule has 0 unspecified atom stereocenters. The van der Waals surface area contributed by atoms with E-state index in [1.807, 2.05) is 40.1 Å². The fourth-order valence-corrected chi connectivity index (χ4v) is 1.42. The summed E-state index contributed by atoms with van der Waals surface area (Å²) in [7, 11) is 1.83. The van der Waals surface area contributed by atoms with Crippen LogP contribution >= 0.6 is 0 Å². The predicted octanol–water partition coefficient (Wildman–Crippen LogP) is 1.35. The van der Waals surface area contributed by atoms with Gasteiger partial charge in [-0.25, -0.2) is 0 Å². The average molecular weight is 235 g/mol. The Bertz CT molecular complexity index is 377. The maximum atomic E-state index is 11.7. The van der Waals surface area contributed by atoms with E-state index in [0.717, 1.165) is 5.56 Å². The number of pyridine rings is 1. The summed E-state index contributed by atoms with van der Waals surface area (Å²) in [6.45, 7) is 7.10. The van der Waals surface area contributed by atoms with Crippen molar-refractivity contribution in [3.8, 4) is 0 Å². The molecule has 0 aliphatic rings. The summed E-state index contributed by atoms with van der Waals surface area (Å²) in [4.78, 5) is 17.5. The van der Waals surface area contributed by atoms with Crippen LogP contribution in [0, 0.1) is 6.92 Å². The van der Waals surface area contributed by atoms with E-state index in [-0.39, 0.29) is 11.9 Å². The number of carbonyl (C=O) groups is 1. The first-order valence-corrected chi connectivity index (χ1v) is 5.88. The first-order chi connectivity index (χ1) is 8.02. The third-order valence-corrected chi connectivity index (χ3v) is 2.90. The molecule has 1 N–H and O–H groups in total. The van der Waals surface area contributed by atoms with Crippen molar-refractivity contribution in [2.45, 2.75) is 33.4 Å². The highest BCUT2D eigenvalue weighted by Crippen LogP contribution is 2.03. The zero-order valence-electron chi connectivity index (χ0n) is 11.0. The lowest BCUT2D eigenvalue weighted by molar-refractivity contribution is -0.130. The van der Waals surface area contributed by atoms with E-state index in [2.05, 4.69) is 10.3 Å². The quantitative estimate of drug-likeness (QED) is 0.838. The molecule has 0 radical (unpaired) electrons. The molecule has 0 saturated heterocycles. The lowest BCUT2D eigenvalue weighted by Crippen LogP contribution is -2.39. The zero-order chi connectivity index (χ0) is 12.8. The third kappa shape index (κ3) is 4.15. The molecule has 0 aliphatic carbocycles. The fraction of sp³-hybridized carbons (Fsp3) is 0.538. The van der Waals surface area contributed by atoms with Gasteiger partial charge in [-0.15, -0.1) is 0 Å². The predicted molar refractivity (Wildman–Crippen MR) is 68.6 cm³/mol. The highest BCUT2D eigenvalue weighted by Gasteiger charge is 2.10. The Kier molecular flexibility index (Phi) is 5.10. The van der Waals surface area contributed by atoms with Crippen LogP contribution in [0.25, 0.3) is 0 Å². The van der Waals surface area contributed by atoms with Gasteiger partial charge in [0.25, 0.3) is 0 Å². The second kappa shape index (κ2) is 6.35. The number of hydrogen-bond acceptors (Lipinski definition) is 3. The molecular formula is C13H21N3O. The van der Waals surface area contributed by atoms with Crippen LogP contribution in [0.15, 0.2) is 18.5 Å². The highest BCUT2D eigenvalue weighted by molar-refractivity contribution is 5.78. The van der Waals surface area contributed by atoms with E-state index >= 15 is 0 Å². The molecular weight excluding hydrogens is 214 g/mol. The van der Waals surface area contributed by atoms with Gasteiger partial charge in [0.05, 0.1) is 6.54 Å². The van der Waals surface area contributed by atoms with Crippen molar-refractivity contribution in [2.75, 3.05) is 13.6 Å². The lowest BCUT2D eigenvalue weighted by Gasteiger charge is -2.21. The van der Waals surface area contributed by atoms with Crippen LogP contribution in [-0.2, 0) is 11.3 Å². The second-order valence-electron chi connectivity index (χ2n) is 4.50. The molecule has 17 heavy (non-hydrogen) atoms. The minimum Gasteiger partial charge on any atom is -0.342 e. The number of nitrogens with one attached hydrogen (secondary N) is 1. The van der Waals surface area contributed by atoms with Crippen molar-refractivity contribution >= 4 is 5.91 Å². The Balaban J connectivity index is 2.38. The van der Waals surface area contributed by atoms with Gasteiger partial charge in [0.2, 0.25) is 5.91 Å². The topological polar surface area (TPSA) is 45.2 Å². The maximum Gasteiger partial charge on any atom is 0.236 e. The smallest absolute Gasteiger partial charge is 0.236 e. The van der Waals surface area contributed by atoms with Gasteiger partial charge in [-0.2, -0.15) is 0 Å².